The van der Waals surface area contributed by atoms with Crippen LogP contribution in [0.1, 0.15) is 22.3 Å². The second-order valence-electron chi connectivity index (χ2n) is 5.97. The van der Waals surface area contributed by atoms with E-state index in [0.717, 1.165) is 25.7 Å². The minimum absolute atomic E-state index is 0.669. The van der Waals surface area contributed by atoms with Crippen LogP contribution in [-0.2, 0) is 31.0 Å². The molecule has 0 bridgehead atoms. The van der Waals surface area contributed by atoms with E-state index in [1.807, 2.05) is 25.1 Å². The van der Waals surface area contributed by atoms with Crippen LogP contribution in [-0.4, -0.2) is 25.0 Å². The molecular weight excluding hydrogens is 286 g/mol. The molecule has 0 saturated carbocycles. The van der Waals surface area contributed by atoms with Crippen LogP contribution in [0, 0.1) is 0 Å². The molecule has 23 heavy (non-hydrogen) atoms. The number of nitrogens with zero attached hydrogens (tertiary/aromatic N) is 2. The smallest absolute Gasteiger partial charge is 0.194 e. The van der Waals surface area contributed by atoms with Crippen molar-refractivity contribution in [3.05, 3.63) is 70.8 Å². The van der Waals surface area contributed by atoms with Gasteiger partial charge in [0.25, 0.3) is 0 Å². The van der Waals surface area contributed by atoms with Crippen molar-refractivity contribution in [2.24, 2.45) is 4.99 Å². The molecule has 1 heterocycles. The van der Waals surface area contributed by atoms with Crippen LogP contribution in [0.3, 0.4) is 0 Å². The lowest BCUT2D eigenvalue weighted by molar-refractivity contribution is 0.134. The predicted molar refractivity (Wildman–Crippen MR) is 93.0 cm³/mol. The minimum atomic E-state index is 0.669. The number of fused-ring (bicyclic) bond motifs is 1. The number of hydrogen-bond acceptors (Lipinski definition) is 2. The Balaban J connectivity index is 1.64. The van der Waals surface area contributed by atoms with Crippen molar-refractivity contribution >= 4 is 5.96 Å². The molecule has 1 N–H and O–H groups in total. The van der Waals surface area contributed by atoms with E-state index in [2.05, 4.69) is 47.8 Å². The van der Waals surface area contributed by atoms with Crippen molar-refractivity contribution in [2.75, 3.05) is 14.1 Å². The first-order chi connectivity index (χ1) is 11.2. The molecule has 0 fully saturated rings. The van der Waals surface area contributed by atoms with Gasteiger partial charge in [-0.2, -0.15) is 0 Å². The summed E-state index contributed by atoms with van der Waals surface area (Å²) in [5.74, 6) is 0.894. The normalized spacial score (nSPS) is 13.7. The molecule has 2 aromatic carbocycles. The Kier molecular flexibility index (Phi) is 4.93. The molecule has 0 aromatic heterocycles. The maximum atomic E-state index is 5.46. The van der Waals surface area contributed by atoms with Crippen LogP contribution in [0.5, 0.6) is 0 Å². The molecule has 1 aliphatic rings. The fourth-order valence-corrected chi connectivity index (χ4v) is 2.62. The average molecular weight is 309 g/mol. The van der Waals surface area contributed by atoms with Gasteiger partial charge in [-0.25, -0.2) is 4.99 Å². The van der Waals surface area contributed by atoms with E-state index in [1.54, 1.807) is 0 Å². The van der Waals surface area contributed by atoms with Gasteiger partial charge in [-0.3, -0.25) is 0 Å². The molecular formula is C19H23N3O. The Morgan fingerprint density at radius 2 is 1.83 bits per heavy atom. The number of ether oxygens (including phenoxy) is 1. The Bertz CT molecular complexity index is 680. The highest BCUT2D eigenvalue weighted by molar-refractivity contribution is 5.79. The lowest BCUT2D eigenvalue weighted by Gasteiger charge is -2.18. The van der Waals surface area contributed by atoms with E-state index in [0.29, 0.717) is 6.54 Å². The van der Waals surface area contributed by atoms with Gasteiger partial charge in [0.2, 0.25) is 0 Å². The molecule has 0 atom stereocenters. The third-order valence-corrected chi connectivity index (χ3v) is 3.91. The lowest BCUT2D eigenvalue weighted by atomic mass is 10.1. The molecule has 2 aromatic rings. The summed E-state index contributed by atoms with van der Waals surface area (Å²) < 4.78 is 5.46. The summed E-state index contributed by atoms with van der Waals surface area (Å²) in [6, 6.07) is 16.9. The Labute approximate surface area is 137 Å². The molecule has 3 rings (SSSR count). The topological polar surface area (TPSA) is 36.9 Å². The Morgan fingerprint density at radius 1 is 1.04 bits per heavy atom. The first-order valence-electron chi connectivity index (χ1n) is 7.90. The summed E-state index contributed by atoms with van der Waals surface area (Å²) in [6.07, 6.45) is 0. The largest absolute Gasteiger partial charge is 0.372 e. The molecule has 0 unspecified atom stereocenters. The fraction of sp³-hybridized carbons (Fsp3) is 0.316. The molecule has 1 aliphatic heterocycles. The van der Waals surface area contributed by atoms with Gasteiger partial charge in [-0.15, -0.1) is 0 Å². The summed E-state index contributed by atoms with van der Waals surface area (Å²) >= 11 is 0. The van der Waals surface area contributed by atoms with Crippen LogP contribution < -0.4 is 5.32 Å². The van der Waals surface area contributed by atoms with Crippen molar-refractivity contribution in [2.45, 2.75) is 26.3 Å². The molecule has 0 saturated heterocycles. The van der Waals surface area contributed by atoms with Crippen molar-refractivity contribution in [3.8, 4) is 0 Å². The number of benzene rings is 2. The standard InChI is InChI=1S/C19H23N3O/c1-22(2)19(20-11-15-6-4-3-5-7-15)21-12-16-8-9-17-13-23-14-18(17)10-16/h3-10H,11-14H2,1-2H3,(H,20,21). The van der Waals surface area contributed by atoms with Crippen molar-refractivity contribution in [1.29, 1.82) is 0 Å². The summed E-state index contributed by atoms with van der Waals surface area (Å²) in [7, 11) is 4.01. The van der Waals surface area contributed by atoms with Crippen LogP contribution in [0.2, 0.25) is 0 Å². The van der Waals surface area contributed by atoms with E-state index in [1.165, 1.54) is 22.3 Å². The molecule has 4 nitrogen and oxygen atoms in total. The lowest BCUT2D eigenvalue weighted by Crippen LogP contribution is -2.36. The van der Waals surface area contributed by atoms with Crippen molar-refractivity contribution in [3.63, 3.8) is 0 Å². The molecule has 4 heteroatoms. The minimum Gasteiger partial charge on any atom is -0.372 e. The third-order valence-electron chi connectivity index (χ3n) is 3.91. The van der Waals surface area contributed by atoms with E-state index >= 15 is 0 Å². The monoisotopic (exact) mass is 309 g/mol. The summed E-state index contributed by atoms with van der Waals surface area (Å²) in [4.78, 5) is 6.74. The maximum absolute atomic E-state index is 5.46. The number of hydrogen-bond donors (Lipinski definition) is 1. The van der Waals surface area contributed by atoms with Gasteiger partial charge in [0.15, 0.2) is 5.96 Å². The van der Waals surface area contributed by atoms with Gasteiger partial charge in [-0.05, 0) is 22.3 Å². The highest BCUT2D eigenvalue weighted by Crippen LogP contribution is 2.21. The van der Waals surface area contributed by atoms with Gasteiger partial charge in [0.05, 0.1) is 19.8 Å². The fourth-order valence-electron chi connectivity index (χ4n) is 2.62. The summed E-state index contributed by atoms with van der Waals surface area (Å²) in [5.41, 5.74) is 5.06. The first-order valence-corrected chi connectivity index (χ1v) is 7.90. The average Bonchev–Trinajstić information content (AvgIpc) is 3.03. The van der Waals surface area contributed by atoms with Crippen LogP contribution in [0.15, 0.2) is 53.5 Å². The van der Waals surface area contributed by atoms with Crippen LogP contribution in [0.25, 0.3) is 0 Å². The molecule has 0 aliphatic carbocycles. The number of guanidine groups is 1. The van der Waals surface area contributed by atoms with Gasteiger partial charge >= 0.3 is 0 Å². The Hall–Kier alpha value is -2.33. The molecule has 0 amide bonds. The number of rotatable bonds is 4. The van der Waals surface area contributed by atoms with Crippen molar-refractivity contribution in [1.82, 2.24) is 10.2 Å². The SMILES string of the molecule is CN(C)C(=NCc1ccc2c(c1)COC2)NCc1ccccc1. The molecule has 0 radical (unpaired) electrons. The summed E-state index contributed by atoms with van der Waals surface area (Å²) in [5, 5.41) is 3.41. The highest BCUT2D eigenvalue weighted by Gasteiger charge is 2.11. The van der Waals surface area contributed by atoms with E-state index in [-0.39, 0.29) is 0 Å². The van der Waals surface area contributed by atoms with Gasteiger partial charge < -0.3 is 15.0 Å². The second kappa shape index (κ2) is 7.29. The van der Waals surface area contributed by atoms with E-state index in [4.69, 9.17) is 9.73 Å². The number of nitrogens with one attached hydrogen (secondary N) is 1. The van der Waals surface area contributed by atoms with Gasteiger partial charge in [0, 0.05) is 20.6 Å². The maximum Gasteiger partial charge on any atom is 0.194 e. The van der Waals surface area contributed by atoms with Gasteiger partial charge in [0.1, 0.15) is 0 Å². The zero-order valence-electron chi connectivity index (χ0n) is 13.7. The Morgan fingerprint density at radius 3 is 2.61 bits per heavy atom. The van der Waals surface area contributed by atoms with Gasteiger partial charge in [-0.1, -0.05) is 48.5 Å². The van der Waals surface area contributed by atoms with E-state index in [9.17, 15) is 0 Å². The quantitative estimate of drug-likeness (QED) is 0.697. The number of aliphatic imine (C=N–C) groups is 1. The van der Waals surface area contributed by atoms with Crippen LogP contribution in [0.4, 0.5) is 0 Å². The summed E-state index contributed by atoms with van der Waals surface area (Å²) in [6.45, 7) is 2.90. The molecule has 0 spiro atoms. The third kappa shape index (κ3) is 4.11. The first kappa shape index (κ1) is 15.6. The molecule has 120 valence electrons. The zero-order valence-corrected chi connectivity index (χ0v) is 13.7. The zero-order chi connectivity index (χ0) is 16.1. The second-order valence-corrected chi connectivity index (χ2v) is 5.97. The predicted octanol–water partition coefficient (Wildman–Crippen LogP) is 2.92. The van der Waals surface area contributed by atoms with E-state index < -0.39 is 0 Å². The van der Waals surface area contributed by atoms with Crippen molar-refractivity contribution < 1.29 is 4.74 Å². The highest BCUT2D eigenvalue weighted by atomic mass is 16.5. The van der Waals surface area contributed by atoms with Crippen LogP contribution >= 0.6 is 0 Å².